The lowest BCUT2D eigenvalue weighted by atomic mass is 10.2. The number of amidine groups is 1. The molecule has 1 saturated heterocycles. The minimum atomic E-state index is -0.389. The van der Waals surface area contributed by atoms with E-state index in [2.05, 4.69) is 10.3 Å². The molecule has 0 bridgehead atoms. The monoisotopic (exact) mass is 366 g/mol. The molecule has 0 aromatic heterocycles. The Morgan fingerprint density at radius 2 is 1.96 bits per heavy atom. The van der Waals surface area contributed by atoms with E-state index in [1.54, 1.807) is 36.4 Å². The highest BCUT2D eigenvalue weighted by molar-refractivity contribution is 8.18. The third kappa shape index (κ3) is 3.75. The summed E-state index contributed by atoms with van der Waals surface area (Å²) < 4.78 is 13.7. The SMILES string of the molecule is O=C1NC(=Nc2ccc(Cl)cc2Cl)S/C1=C\c1ccccc1F. The third-order valence-corrected chi connectivity index (χ3v) is 4.42. The molecule has 0 atom stereocenters. The van der Waals surface area contributed by atoms with Crippen molar-refractivity contribution >= 4 is 57.8 Å². The highest BCUT2D eigenvalue weighted by atomic mass is 35.5. The van der Waals surface area contributed by atoms with E-state index in [0.717, 1.165) is 11.8 Å². The lowest BCUT2D eigenvalue weighted by Gasteiger charge is -2.00. The van der Waals surface area contributed by atoms with Crippen molar-refractivity contribution in [1.29, 1.82) is 0 Å². The summed E-state index contributed by atoms with van der Waals surface area (Å²) in [5.74, 6) is -0.721. The van der Waals surface area contributed by atoms with Gasteiger partial charge in [0, 0.05) is 10.6 Å². The highest BCUT2D eigenvalue weighted by Gasteiger charge is 2.24. The normalized spacial score (nSPS) is 17.8. The van der Waals surface area contributed by atoms with Gasteiger partial charge in [0.05, 0.1) is 15.6 Å². The average Bonchev–Trinajstić information content (AvgIpc) is 2.84. The fourth-order valence-electron chi connectivity index (χ4n) is 1.90. The maximum Gasteiger partial charge on any atom is 0.264 e. The molecule has 3 nitrogen and oxygen atoms in total. The Morgan fingerprint density at radius 1 is 1.17 bits per heavy atom. The van der Waals surface area contributed by atoms with Crippen LogP contribution in [0.5, 0.6) is 0 Å². The second-order valence-corrected chi connectivity index (χ2v) is 6.47. The number of nitrogens with zero attached hydrogens (tertiary/aromatic N) is 1. The fourth-order valence-corrected chi connectivity index (χ4v) is 3.17. The van der Waals surface area contributed by atoms with Gasteiger partial charge in [-0.3, -0.25) is 4.79 Å². The quantitative estimate of drug-likeness (QED) is 0.757. The molecule has 23 heavy (non-hydrogen) atoms. The zero-order valence-electron chi connectivity index (χ0n) is 11.5. The second-order valence-electron chi connectivity index (χ2n) is 4.60. The zero-order chi connectivity index (χ0) is 16.4. The molecule has 1 amide bonds. The van der Waals surface area contributed by atoms with Gasteiger partial charge in [-0.05, 0) is 42.1 Å². The summed E-state index contributed by atoms with van der Waals surface area (Å²) in [6, 6.07) is 11.1. The predicted octanol–water partition coefficient (Wildman–Crippen LogP) is 5.02. The maximum atomic E-state index is 13.7. The van der Waals surface area contributed by atoms with E-state index in [4.69, 9.17) is 23.2 Å². The number of hydrogen-bond acceptors (Lipinski definition) is 3. The molecule has 0 aliphatic carbocycles. The van der Waals surface area contributed by atoms with Crippen LogP contribution in [0.4, 0.5) is 10.1 Å². The van der Waals surface area contributed by atoms with Gasteiger partial charge in [0.15, 0.2) is 5.17 Å². The van der Waals surface area contributed by atoms with Gasteiger partial charge in [0.25, 0.3) is 5.91 Å². The minimum absolute atomic E-state index is 0.331. The Bertz CT molecular complexity index is 852. The Labute approximate surface area is 146 Å². The molecule has 0 spiro atoms. The van der Waals surface area contributed by atoms with Crippen LogP contribution in [-0.4, -0.2) is 11.1 Å². The zero-order valence-corrected chi connectivity index (χ0v) is 13.8. The van der Waals surface area contributed by atoms with Crippen molar-refractivity contribution in [2.75, 3.05) is 0 Å². The van der Waals surface area contributed by atoms with Crippen LogP contribution in [0.1, 0.15) is 5.56 Å². The molecule has 1 aliphatic heterocycles. The summed E-state index contributed by atoms with van der Waals surface area (Å²) in [6.45, 7) is 0. The number of carbonyl (C=O) groups is 1. The van der Waals surface area contributed by atoms with Gasteiger partial charge in [0.2, 0.25) is 0 Å². The summed E-state index contributed by atoms with van der Waals surface area (Å²) in [6.07, 6.45) is 1.49. The molecule has 2 aromatic carbocycles. The van der Waals surface area contributed by atoms with Crippen molar-refractivity contribution in [3.05, 3.63) is 68.8 Å². The van der Waals surface area contributed by atoms with E-state index in [-0.39, 0.29) is 11.7 Å². The van der Waals surface area contributed by atoms with Gasteiger partial charge in [-0.25, -0.2) is 9.38 Å². The molecule has 3 rings (SSSR count). The number of carbonyl (C=O) groups excluding carboxylic acids is 1. The summed E-state index contributed by atoms with van der Waals surface area (Å²) >= 11 is 13.0. The highest BCUT2D eigenvalue weighted by Crippen LogP contribution is 2.32. The molecule has 1 heterocycles. The molecule has 0 saturated carbocycles. The topological polar surface area (TPSA) is 41.5 Å². The van der Waals surface area contributed by atoms with E-state index < -0.39 is 0 Å². The standard InChI is InChI=1S/C16H9Cl2FN2OS/c17-10-5-6-13(11(18)8-10)20-16-21-15(22)14(23-16)7-9-3-1-2-4-12(9)19/h1-8H,(H,20,21,22)/b14-7-. The van der Waals surface area contributed by atoms with Crippen LogP contribution in [0.25, 0.3) is 6.08 Å². The van der Waals surface area contributed by atoms with Crippen molar-refractivity contribution in [3.8, 4) is 0 Å². The first kappa shape index (κ1) is 16.1. The smallest absolute Gasteiger partial charge is 0.264 e. The van der Waals surface area contributed by atoms with Gasteiger partial charge in [0.1, 0.15) is 5.82 Å². The van der Waals surface area contributed by atoms with Crippen LogP contribution in [0.15, 0.2) is 52.4 Å². The molecule has 0 radical (unpaired) electrons. The van der Waals surface area contributed by atoms with Crippen molar-refractivity contribution in [2.24, 2.45) is 4.99 Å². The van der Waals surface area contributed by atoms with Crippen LogP contribution in [-0.2, 0) is 4.79 Å². The Kier molecular flexibility index (Phi) is 4.71. The average molecular weight is 367 g/mol. The molecular weight excluding hydrogens is 358 g/mol. The maximum absolute atomic E-state index is 13.7. The van der Waals surface area contributed by atoms with Crippen molar-refractivity contribution in [3.63, 3.8) is 0 Å². The number of rotatable bonds is 2. The number of nitrogens with one attached hydrogen (secondary N) is 1. The fraction of sp³-hybridized carbons (Fsp3) is 0. The van der Waals surface area contributed by atoms with Crippen LogP contribution >= 0.6 is 35.0 Å². The van der Waals surface area contributed by atoms with Gasteiger partial charge in [-0.2, -0.15) is 0 Å². The van der Waals surface area contributed by atoms with E-state index >= 15 is 0 Å². The molecule has 0 unspecified atom stereocenters. The van der Waals surface area contributed by atoms with Gasteiger partial charge >= 0.3 is 0 Å². The lowest BCUT2D eigenvalue weighted by Crippen LogP contribution is -2.19. The van der Waals surface area contributed by atoms with Gasteiger partial charge in [-0.1, -0.05) is 41.4 Å². The van der Waals surface area contributed by atoms with E-state index in [0.29, 0.717) is 31.4 Å². The Balaban J connectivity index is 1.88. The summed E-state index contributed by atoms with van der Waals surface area (Å²) in [5.41, 5.74) is 0.835. The van der Waals surface area contributed by atoms with Crippen molar-refractivity contribution in [1.82, 2.24) is 5.32 Å². The molecule has 116 valence electrons. The van der Waals surface area contributed by atoms with E-state index in [1.807, 2.05) is 0 Å². The first-order valence-electron chi connectivity index (χ1n) is 6.52. The largest absolute Gasteiger partial charge is 0.300 e. The number of aliphatic imine (C=N–C) groups is 1. The first-order chi connectivity index (χ1) is 11.0. The molecular formula is C16H9Cl2FN2OS. The number of thioether (sulfide) groups is 1. The molecule has 1 N–H and O–H groups in total. The Hall–Kier alpha value is -1.82. The van der Waals surface area contributed by atoms with Crippen molar-refractivity contribution in [2.45, 2.75) is 0 Å². The lowest BCUT2D eigenvalue weighted by molar-refractivity contribution is -0.115. The number of hydrogen-bond donors (Lipinski definition) is 1. The van der Waals surface area contributed by atoms with E-state index in [9.17, 15) is 9.18 Å². The minimum Gasteiger partial charge on any atom is -0.300 e. The van der Waals surface area contributed by atoms with Gasteiger partial charge in [-0.15, -0.1) is 0 Å². The van der Waals surface area contributed by atoms with E-state index in [1.165, 1.54) is 12.1 Å². The molecule has 7 heteroatoms. The van der Waals surface area contributed by atoms with Crippen LogP contribution in [0.2, 0.25) is 10.0 Å². The summed E-state index contributed by atoms with van der Waals surface area (Å²) in [5, 5.41) is 3.89. The van der Waals surface area contributed by atoms with Crippen LogP contribution in [0, 0.1) is 5.82 Å². The summed E-state index contributed by atoms with van der Waals surface area (Å²) in [4.78, 5) is 16.6. The predicted molar refractivity (Wildman–Crippen MR) is 93.7 cm³/mol. The molecule has 1 aliphatic rings. The number of amides is 1. The van der Waals surface area contributed by atoms with Crippen LogP contribution in [0.3, 0.4) is 0 Å². The molecule has 1 fully saturated rings. The van der Waals surface area contributed by atoms with Gasteiger partial charge < -0.3 is 5.32 Å². The second kappa shape index (κ2) is 6.74. The summed E-state index contributed by atoms with van der Waals surface area (Å²) in [7, 11) is 0. The Morgan fingerprint density at radius 3 is 2.70 bits per heavy atom. The first-order valence-corrected chi connectivity index (χ1v) is 8.09. The van der Waals surface area contributed by atoms with Crippen molar-refractivity contribution < 1.29 is 9.18 Å². The van der Waals surface area contributed by atoms with Crippen LogP contribution < -0.4 is 5.32 Å². The number of halogens is 3. The third-order valence-electron chi connectivity index (χ3n) is 2.97. The number of benzene rings is 2. The molecule has 2 aromatic rings.